The zero-order valence-electron chi connectivity index (χ0n) is 9.26. The summed E-state index contributed by atoms with van der Waals surface area (Å²) < 4.78 is 0. The van der Waals surface area contributed by atoms with Crippen LogP contribution < -0.4 is 0 Å². The van der Waals surface area contributed by atoms with Gasteiger partial charge in [0, 0.05) is 29.5 Å². The van der Waals surface area contributed by atoms with Gasteiger partial charge in [0.05, 0.1) is 4.92 Å². The predicted octanol–water partition coefficient (Wildman–Crippen LogP) is 3.82. The Balaban J connectivity index is 1.94. The van der Waals surface area contributed by atoms with Gasteiger partial charge in [0.1, 0.15) is 0 Å². The Morgan fingerprint density at radius 2 is 1.89 bits per heavy atom. The Morgan fingerprint density at radius 3 is 2.50 bits per heavy atom. The first-order valence-electron chi connectivity index (χ1n) is 5.46. The number of hydrogen-bond acceptors (Lipinski definition) is 2. The molecule has 0 aromatic heterocycles. The van der Waals surface area contributed by atoms with Gasteiger partial charge in [-0.05, 0) is 22.8 Å². The van der Waals surface area contributed by atoms with Crippen molar-refractivity contribution in [2.45, 2.75) is 5.92 Å². The average molecular weight is 258 g/mol. The van der Waals surface area contributed by atoms with Crippen LogP contribution >= 0.6 is 11.6 Å². The number of rotatable bonds is 2. The second-order valence-electron chi connectivity index (χ2n) is 4.13. The molecule has 1 aliphatic carbocycles. The lowest BCUT2D eigenvalue weighted by Crippen LogP contribution is -2.16. The van der Waals surface area contributed by atoms with E-state index in [9.17, 15) is 10.1 Å². The van der Waals surface area contributed by atoms with Gasteiger partial charge in [0.25, 0.3) is 5.69 Å². The highest BCUT2D eigenvalue weighted by atomic mass is 35.5. The molecule has 0 spiro atoms. The van der Waals surface area contributed by atoms with Crippen molar-refractivity contribution in [2.75, 3.05) is 0 Å². The summed E-state index contributed by atoms with van der Waals surface area (Å²) in [6, 6.07) is 12.2. The van der Waals surface area contributed by atoms with Gasteiger partial charge >= 0.3 is 0 Å². The minimum Gasteiger partial charge on any atom is -0.258 e. The number of non-ortho nitro benzene ring substituents is 1. The summed E-state index contributed by atoms with van der Waals surface area (Å²) in [5.41, 5.74) is 3.14. The smallest absolute Gasteiger partial charge is 0.258 e. The van der Waals surface area contributed by atoms with E-state index in [4.69, 9.17) is 11.6 Å². The van der Waals surface area contributed by atoms with Gasteiger partial charge in [-0.1, -0.05) is 35.9 Å². The molecule has 1 aliphatic rings. The number of nitro benzene ring substituents is 1. The van der Waals surface area contributed by atoms with Crippen molar-refractivity contribution in [3.63, 3.8) is 0 Å². The third kappa shape index (κ3) is 1.68. The fourth-order valence-electron chi connectivity index (χ4n) is 2.14. The van der Waals surface area contributed by atoms with Crippen molar-refractivity contribution in [3.05, 3.63) is 80.7 Å². The first-order valence-corrected chi connectivity index (χ1v) is 5.84. The van der Waals surface area contributed by atoms with Crippen LogP contribution in [0.4, 0.5) is 5.69 Å². The monoisotopic (exact) mass is 257 g/mol. The van der Waals surface area contributed by atoms with Gasteiger partial charge in [-0.15, -0.1) is 0 Å². The van der Waals surface area contributed by atoms with E-state index in [1.54, 1.807) is 12.1 Å². The molecule has 0 saturated carbocycles. The lowest BCUT2D eigenvalue weighted by Gasteiger charge is -2.30. The summed E-state index contributed by atoms with van der Waals surface area (Å²) in [6.07, 6.45) is 3.27. The second-order valence-corrected chi connectivity index (χ2v) is 4.53. The lowest BCUT2D eigenvalue weighted by atomic mass is 9.74. The van der Waals surface area contributed by atoms with E-state index >= 15 is 0 Å². The van der Waals surface area contributed by atoms with E-state index in [1.165, 1.54) is 12.1 Å². The third-order valence-electron chi connectivity index (χ3n) is 3.08. The third-order valence-corrected chi connectivity index (χ3v) is 3.41. The Bertz CT molecular complexity index is 608. The molecular weight excluding hydrogens is 250 g/mol. The Kier molecular flexibility index (Phi) is 2.56. The fourth-order valence-corrected chi connectivity index (χ4v) is 2.43. The molecule has 88 valence electrons. The van der Waals surface area contributed by atoms with Crippen LogP contribution in [0.3, 0.4) is 0 Å². The Hall–Kier alpha value is -1.87. The molecule has 0 fully saturated rings. The van der Waals surface area contributed by atoms with Crippen molar-refractivity contribution >= 4 is 17.3 Å². The molecule has 18 heavy (non-hydrogen) atoms. The standard InChI is InChI=1S/C14H8ClNO2/c15-13-3-1-2-10-8-12(14(10)13)9-4-6-11(7-5-9)16(17)18/h1-7,12H. The van der Waals surface area contributed by atoms with Crippen LogP contribution in [0.2, 0.25) is 5.02 Å². The number of nitrogens with zero attached hydrogens (tertiary/aromatic N) is 1. The normalized spacial score (nSPS) is 16.8. The van der Waals surface area contributed by atoms with E-state index in [1.807, 2.05) is 18.2 Å². The number of hydrogen-bond donors (Lipinski definition) is 0. The molecule has 3 rings (SSSR count). The largest absolute Gasteiger partial charge is 0.269 e. The molecule has 0 amide bonds. The Morgan fingerprint density at radius 1 is 1.17 bits per heavy atom. The molecule has 4 heteroatoms. The van der Waals surface area contributed by atoms with E-state index in [-0.39, 0.29) is 11.6 Å². The molecule has 0 bridgehead atoms. The van der Waals surface area contributed by atoms with Gasteiger partial charge in [-0.3, -0.25) is 10.1 Å². The molecule has 0 aliphatic heterocycles. The van der Waals surface area contributed by atoms with Crippen LogP contribution in [0.1, 0.15) is 22.6 Å². The van der Waals surface area contributed by atoms with E-state index in [0.29, 0.717) is 0 Å². The first-order chi connectivity index (χ1) is 8.66. The van der Waals surface area contributed by atoms with Crippen LogP contribution in [0.5, 0.6) is 0 Å². The summed E-state index contributed by atoms with van der Waals surface area (Å²) in [5.74, 6) is 0.0227. The van der Waals surface area contributed by atoms with Gasteiger partial charge in [0.2, 0.25) is 0 Å². The first kappa shape index (κ1) is 11.2. The average Bonchev–Trinajstić information content (AvgIpc) is 2.32. The number of fused-ring (bicyclic) bond motifs is 1. The maximum absolute atomic E-state index is 10.6. The molecular formula is C14H8ClNO2. The molecule has 1 atom stereocenters. The van der Waals surface area contributed by atoms with Crippen molar-refractivity contribution in [1.29, 1.82) is 0 Å². The maximum Gasteiger partial charge on any atom is 0.269 e. The minimum absolute atomic E-state index is 0.0227. The molecule has 3 nitrogen and oxygen atoms in total. The van der Waals surface area contributed by atoms with Crippen LogP contribution in [-0.4, -0.2) is 4.92 Å². The molecule has 0 saturated heterocycles. The van der Waals surface area contributed by atoms with Gasteiger partial charge < -0.3 is 0 Å². The molecule has 2 radical (unpaired) electrons. The molecule has 1 unspecified atom stereocenters. The van der Waals surface area contributed by atoms with Crippen molar-refractivity contribution in [1.82, 2.24) is 0 Å². The van der Waals surface area contributed by atoms with Crippen LogP contribution in [-0.2, 0) is 0 Å². The number of benzene rings is 2. The summed E-state index contributed by atoms with van der Waals surface area (Å²) in [7, 11) is 0. The van der Waals surface area contributed by atoms with Crippen LogP contribution in [0, 0.1) is 16.5 Å². The van der Waals surface area contributed by atoms with Crippen LogP contribution in [0.25, 0.3) is 0 Å². The van der Waals surface area contributed by atoms with Crippen molar-refractivity contribution in [3.8, 4) is 0 Å². The highest BCUT2D eigenvalue weighted by Crippen LogP contribution is 2.45. The summed E-state index contributed by atoms with van der Waals surface area (Å²) in [5, 5.41) is 11.3. The van der Waals surface area contributed by atoms with E-state index < -0.39 is 4.92 Å². The molecule has 2 aromatic rings. The topological polar surface area (TPSA) is 43.1 Å². The van der Waals surface area contributed by atoms with Gasteiger partial charge in [-0.2, -0.15) is 0 Å². The zero-order valence-corrected chi connectivity index (χ0v) is 10.0. The number of nitro groups is 1. The second kappa shape index (κ2) is 4.10. The van der Waals surface area contributed by atoms with Gasteiger partial charge in [0.15, 0.2) is 0 Å². The maximum atomic E-state index is 10.6. The highest BCUT2D eigenvalue weighted by molar-refractivity contribution is 6.31. The molecule has 0 N–H and O–H groups in total. The Labute approximate surface area is 109 Å². The summed E-state index contributed by atoms with van der Waals surface area (Å²) in [4.78, 5) is 10.2. The quantitative estimate of drug-likeness (QED) is 0.606. The van der Waals surface area contributed by atoms with Crippen molar-refractivity contribution in [2.24, 2.45) is 0 Å². The lowest BCUT2D eigenvalue weighted by molar-refractivity contribution is -0.384. The molecule has 0 heterocycles. The highest BCUT2D eigenvalue weighted by Gasteiger charge is 2.30. The van der Waals surface area contributed by atoms with Crippen LogP contribution in [0.15, 0.2) is 42.5 Å². The fraction of sp³-hybridized carbons (Fsp3) is 0.0714. The summed E-state index contributed by atoms with van der Waals surface area (Å²) >= 11 is 6.14. The molecule has 2 aromatic carbocycles. The van der Waals surface area contributed by atoms with Gasteiger partial charge in [-0.25, -0.2) is 0 Å². The van der Waals surface area contributed by atoms with E-state index in [2.05, 4.69) is 6.42 Å². The van der Waals surface area contributed by atoms with Crippen molar-refractivity contribution < 1.29 is 4.92 Å². The number of halogens is 1. The summed E-state index contributed by atoms with van der Waals surface area (Å²) in [6.45, 7) is 0. The predicted molar refractivity (Wildman–Crippen MR) is 68.7 cm³/mol. The SMILES string of the molecule is O=[N+]([O-])c1ccc(C2[C]c3cccc(Cl)c32)cc1. The minimum atomic E-state index is -0.404. The zero-order chi connectivity index (χ0) is 12.7. The van der Waals surface area contributed by atoms with E-state index in [0.717, 1.165) is 21.7 Å².